The summed E-state index contributed by atoms with van der Waals surface area (Å²) in [6.07, 6.45) is 0. The van der Waals surface area contributed by atoms with Crippen LogP contribution in [0.4, 0.5) is 0 Å². The van der Waals surface area contributed by atoms with Gasteiger partial charge in [-0.3, -0.25) is 13.4 Å². The van der Waals surface area contributed by atoms with Gasteiger partial charge in [0.25, 0.3) is 0 Å². The molecule has 144 valence electrons. The molecule has 0 bridgehead atoms. The number of hydrogen-bond donors (Lipinski definition) is 14. The maximum atomic E-state index is 8.74. The normalized spacial score (nSPS) is 8.35. The molecule has 0 aliphatic heterocycles. The van der Waals surface area contributed by atoms with Crippen LogP contribution in [0.2, 0.25) is 0 Å². The Morgan fingerprint density at radius 2 is 0.435 bits per heavy atom. The topological polar surface area (TPSA) is 334 Å². The van der Waals surface area contributed by atoms with Gasteiger partial charge in [-0.05, 0) is 0 Å². The van der Waals surface area contributed by atoms with E-state index >= 15 is 0 Å². The SMILES string of the molecule is O=[Si](O)O.O=[Si](O)O.O=[Si](O)O.[BiH3].[OH][Ti]([OH])([OH])[OH].[OH][Ti]([OH])([OH])[OH]. The van der Waals surface area contributed by atoms with Gasteiger partial charge in [-0.15, -0.1) is 0 Å². The summed E-state index contributed by atoms with van der Waals surface area (Å²) in [6, 6.07) is 0. The molecule has 14 N–H and O–H groups in total. The summed E-state index contributed by atoms with van der Waals surface area (Å²) >= 11 is -10.0. The Balaban J connectivity index is -0.0000000390. The Bertz CT molecular complexity index is 227. The van der Waals surface area contributed by atoms with Gasteiger partial charge in [-0.25, -0.2) is 0 Å². The van der Waals surface area contributed by atoms with Crippen LogP contribution in [0.5, 0.6) is 0 Å². The van der Waals surface area contributed by atoms with Crippen molar-refractivity contribution in [1.82, 2.24) is 0 Å². The zero-order chi connectivity index (χ0) is 19.7. The minimum atomic E-state index is -5.00. The summed E-state index contributed by atoms with van der Waals surface area (Å²) in [6.45, 7) is 0. The van der Waals surface area contributed by atoms with Crippen molar-refractivity contribution in [1.29, 1.82) is 0 Å². The molecule has 0 radical (unpaired) electrons. The van der Waals surface area contributed by atoms with Gasteiger partial charge in [0.2, 0.25) is 0 Å². The zero-order valence-electron chi connectivity index (χ0n) is 10.7. The summed E-state index contributed by atoms with van der Waals surface area (Å²) in [5, 5.41) is 0. The molecule has 0 aromatic heterocycles. The summed E-state index contributed by atoms with van der Waals surface area (Å²) in [7, 11) is -9.39. The molecule has 0 saturated carbocycles. The van der Waals surface area contributed by atoms with Crippen molar-refractivity contribution < 1.29 is 108 Å². The first-order chi connectivity index (χ1) is 9.20. The predicted octanol–water partition coefficient (Wildman–Crippen LogP) is -10.5. The van der Waals surface area contributed by atoms with Crippen LogP contribution >= 0.6 is 0 Å². The third kappa shape index (κ3) is 14000. The molecule has 0 aliphatic carbocycles. The van der Waals surface area contributed by atoms with Crippen molar-refractivity contribution in [2.24, 2.45) is 0 Å². The van der Waals surface area contributed by atoms with E-state index in [0.717, 1.165) is 0 Å². The molecule has 23 heteroatoms. The third-order valence-corrected chi connectivity index (χ3v) is 0. The fourth-order valence-electron chi connectivity index (χ4n) is 0. The molecule has 0 spiro atoms. The second-order valence-electron chi connectivity index (χ2n) is 2.05. The Kier molecular flexibility index (Phi) is 38.8. The average molecular weight is 678 g/mol. The monoisotopic (exact) mass is 678 g/mol. The molecular formula is H17BiO17Si3Ti2. The molecule has 0 saturated heterocycles. The summed E-state index contributed by atoms with van der Waals surface area (Å²) in [5.41, 5.74) is 0. The van der Waals surface area contributed by atoms with Crippen molar-refractivity contribution in [3.8, 4) is 0 Å². The standard InChI is InChI=1S/Bi.3H2O3Si.8H2O.2Ti.3H/c;3*1-4(2)3;;;;;;;;;;;;;/h;3*1-2H;8*1H2;;;;;/q;;;;;;;;;;;;2*+4;;;/p-8. The van der Waals surface area contributed by atoms with Gasteiger partial charge >= 0.3 is 120 Å². The second-order valence-corrected chi connectivity index (χ2v) is 7.49. The first kappa shape index (κ1) is 39.1. The molecule has 0 heterocycles. The fraction of sp³-hybridized carbons (Fsp3) is 0. The van der Waals surface area contributed by atoms with E-state index in [1.54, 1.807) is 0 Å². The first-order valence-corrected chi connectivity index (χ1v) is 13.2. The predicted molar refractivity (Wildman–Crippen MR) is 60.3 cm³/mol. The molecule has 23 heavy (non-hydrogen) atoms. The number of rotatable bonds is 0. The molecule has 0 aliphatic rings. The van der Waals surface area contributed by atoms with Gasteiger partial charge in [0, 0.05) is 0 Å². The molecule has 0 atom stereocenters. The van der Waals surface area contributed by atoms with E-state index in [9.17, 15) is 0 Å². The maximum absolute atomic E-state index is 8.74. The average Bonchev–Trinajstić information content (AvgIpc) is 1.88. The minimum absolute atomic E-state index is 0. The van der Waals surface area contributed by atoms with E-state index in [2.05, 4.69) is 0 Å². The van der Waals surface area contributed by atoms with Crippen LogP contribution < -0.4 is 0 Å². The Hall–Kier alpha value is 0.842. The molecule has 0 aromatic carbocycles. The Morgan fingerprint density at radius 3 is 0.435 bits per heavy atom. The van der Waals surface area contributed by atoms with Crippen LogP contribution in [0.3, 0.4) is 0 Å². The van der Waals surface area contributed by atoms with Gasteiger partial charge < -0.3 is 28.8 Å². The van der Waals surface area contributed by atoms with Gasteiger partial charge in [0.1, 0.15) is 0 Å². The van der Waals surface area contributed by atoms with Gasteiger partial charge in [-0.2, -0.15) is 0 Å². The van der Waals surface area contributed by atoms with E-state index in [1.807, 2.05) is 0 Å². The van der Waals surface area contributed by atoms with E-state index in [1.165, 1.54) is 0 Å². The molecule has 0 rings (SSSR count). The van der Waals surface area contributed by atoms with E-state index in [0.29, 0.717) is 0 Å². The molecule has 0 fully saturated rings. The third-order valence-electron chi connectivity index (χ3n) is 0. The van der Waals surface area contributed by atoms with Crippen LogP contribution in [0, 0.1) is 0 Å². The summed E-state index contributed by atoms with van der Waals surface area (Å²) in [4.78, 5) is 42.9. The second kappa shape index (κ2) is 22.8. The van der Waals surface area contributed by atoms with E-state index in [4.69, 9.17) is 71.7 Å². The number of hydrogen-bond acceptors (Lipinski definition) is 11. The quantitative estimate of drug-likeness (QED) is 0.106. The van der Waals surface area contributed by atoms with Crippen LogP contribution in [0.1, 0.15) is 0 Å². The van der Waals surface area contributed by atoms with Gasteiger partial charge in [0.05, 0.1) is 0 Å². The van der Waals surface area contributed by atoms with Crippen molar-refractivity contribution >= 4 is 53.7 Å². The van der Waals surface area contributed by atoms with Crippen LogP contribution in [0.25, 0.3) is 0 Å². The van der Waals surface area contributed by atoms with Crippen LogP contribution in [-0.4, -0.2) is 112 Å². The summed E-state index contributed by atoms with van der Waals surface area (Å²) < 4.78 is 85.2. The molecule has 0 amide bonds. The molecular weight excluding hydrogens is 661 g/mol. The van der Waals surface area contributed by atoms with Crippen molar-refractivity contribution in [2.45, 2.75) is 0 Å². The first-order valence-electron chi connectivity index (χ1n) is 3.74. The van der Waals surface area contributed by atoms with Gasteiger partial charge in [0.15, 0.2) is 0 Å². The Labute approximate surface area is 160 Å². The van der Waals surface area contributed by atoms with Crippen molar-refractivity contribution in [2.75, 3.05) is 0 Å². The summed E-state index contributed by atoms with van der Waals surface area (Å²) in [5.74, 6) is 0. The molecule has 0 aromatic rings. The molecule has 0 unspecified atom stereocenters. The molecule has 17 nitrogen and oxygen atoms in total. The van der Waals surface area contributed by atoms with Crippen LogP contribution in [0.15, 0.2) is 0 Å². The van der Waals surface area contributed by atoms with Gasteiger partial charge in [-0.1, -0.05) is 0 Å². The van der Waals surface area contributed by atoms with E-state index in [-0.39, 0.29) is 26.2 Å². The van der Waals surface area contributed by atoms with Crippen molar-refractivity contribution in [3.63, 3.8) is 0 Å². The van der Waals surface area contributed by atoms with E-state index < -0.39 is 63.8 Å². The Morgan fingerprint density at radius 1 is 0.435 bits per heavy atom. The van der Waals surface area contributed by atoms with Crippen LogP contribution in [-0.2, 0) is 49.7 Å². The fourth-order valence-corrected chi connectivity index (χ4v) is 0. The van der Waals surface area contributed by atoms with Crippen molar-refractivity contribution in [3.05, 3.63) is 0 Å². The zero-order valence-corrected chi connectivity index (χ0v) is 22.3.